The van der Waals surface area contributed by atoms with Gasteiger partial charge in [-0.3, -0.25) is 4.79 Å². The Labute approximate surface area is 122 Å². The van der Waals surface area contributed by atoms with Crippen LogP contribution in [-0.4, -0.2) is 18.4 Å². The van der Waals surface area contributed by atoms with Crippen LogP contribution in [0.4, 0.5) is 0 Å². The zero-order chi connectivity index (χ0) is 15.4. The van der Waals surface area contributed by atoms with Gasteiger partial charge in [-0.25, -0.2) is 4.79 Å². The van der Waals surface area contributed by atoms with Crippen LogP contribution in [0.2, 0.25) is 0 Å². The number of ketones is 1. The van der Waals surface area contributed by atoms with Gasteiger partial charge in [0.05, 0.1) is 6.61 Å². The van der Waals surface area contributed by atoms with E-state index >= 15 is 0 Å². The number of carbonyl (C=O) groups is 2. The first-order chi connectivity index (χ1) is 8.72. The van der Waals surface area contributed by atoms with E-state index in [9.17, 15) is 9.59 Å². The molecule has 0 atom stereocenters. The first kappa shape index (κ1) is 30.4. The Hall–Kier alpha value is -1.64. The number of esters is 1. The second-order valence-electron chi connectivity index (χ2n) is 1.97. The van der Waals surface area contributed by atoms with Gasteiger partial charge < -0.3 is 4.74 Å². The van der Waals surface area contributed by atoms with Crippen molar-refractivity contribution in [2.45, 2.75) is 13.8 Å². The average Bonchev–Trinajstić information content (AvgIpc) is 2.46. The molecule has 19 heavy (non-hydrogen) atoms. The summed E-state index contributed by atoms with van der Waals surface area (Å²) in [5.41, 5.74) is 0. The molecule has 0 rings (SSSR count). The largest absolute Gasteiger partial charge is 0 e. The SMILES string of the molecule is CC=CC=CC(=O)C(=O)OCC.[C-]#[O+].[C-]#[O+].[C-]#[O+].[Fe]. The molecule has 0 heterocycles. The fourth-order valence-electron chi connectivity index (χ4n) is 0.524. The van der Waals surface area contributed by atoms with Crippen molar-refractivity contribution in [2.24, 2.45) is 0 Å². The minimum absolute atomic E-state index is 0. The molecule has 0 aliphatic rings. The maximum Gasteiger partial charge on any atom is 0 e. The topological polar surface area (TPSA) is 103 Å². The van der Waals surface area contributed by atoms with E-state index in [0.717, 1.165) is 0 Å². The zero-order valence-electron chi connectivity index (χ0n) is 10.3. The Kier molecular flexibility index (Phi) is 57.6. The van der Waals surface area contributed by atoms with Crippen LogP contribution in [0.1, 0.15) is 13.8 Å². The number of hydrogen-bond acceptors (Lipinski definition) is 3. The van der Waals surface area contributed by atoms with Crippen LogP contribution in [0.15, 0.2) is 24.3 Å². The Bertz CT molecular complexity index is 311. The summed E-state index contributed by atoms with van der Waals surface area (Å²) in [6.45, 7) is 17.2. The molecule has 0 aromatic carbocycles. The van der Waals surface area contributed by atoms with Crippen LogP contribution >= 0.6 is 0 Å². The summed E-state index contributed by atoms with van der Waals surface area (Å²) in [6, 6.07) is 0. The molecule has 0 saturated heterocycles. The van der Waals surface area contributed by atoms with Gasteiger partial charge in [0.1, 0.15) is 0 Å². The summed E-state index contributed by atoms with van der Waals surface area (Å²) < 4.78 is 27.0. The average molecular weight is 308 g/mol. The summed E-state index contributed by atoms with van der Waals surface area (Å²) >= 11 is 0. The third-order valence-electron chi connectivity index (χ3n) is 1.03. The van der Waals surface area contributed by atoms with Crippen molar-refractivity contribution in [3.05, 3.63) is 44.3 Å². The predicted octanol–water partition coefficient (Wildman–Crippen LogP) is 1.14. The van der Waals surface area contributed by atoms with E-state index in [4.69, 9.17) is 14.0 Å². The molecule has 0 aromatic heterocycles. The molecule has 0 bridgehead atoms. The third-order valence-corrected chi connectivity index (χ3v) is 1.03. The van der Waals surface area contributed by atoms with Gasteiger partial charge in [-0.15, -0.1) is 0 Å². The molecule has 104 valence electrons. The van der Waals surface area contributed by atoms with Crippen molar-refractivity contribution in [3.8, 4) is 0 Å². The van der Waals surface area contributed by atoms with Crippen LogP contribution in [-0.2, 0) is 45.4 Å². The molecule has 7 heteroatoms. The number of allylic oxidation sites excluding steroid dienone is 3. The molecule has 0 radical (unpaired) electrons. The second kappa shape index (κ2) is 36.0. The molecule has 0 aromatic rings. The number of ether oxygens (including phenoxy) is 1. The molecular weight excluding hydrogens is 296 g/mol. The van der Waals surface area contributed by atoms with E-state index < -0.39 is 11.8 Å². The molecule has 0 N–H and O–H groups in total. The zero-order valence-corrected chi connectivity index (χ0v) is 11.4. The van der Waals surface area contributed by atoms with E-state index in [0.29, 0.717) is 0 Å². The van der Waals surface area contributed by atoms with E-state index in [2.05, 4.69) is 24.7 Å². The van der Waals surface area contributed by atoms with Crippen LogP contribution in [0.25, 0.3) is 0 Å². The Morgan fingerprint density at radius 3 is 1.79 bits per heavy atom. The van der Waals surface area contributed by atoms with E-state index in [1.54, 1.807) is 19.1 Å². The van der Waals surface area contributed by atoms with Crippen LogP contribution in [0, 0.1) is 20.0 Å². The molecule has 0 spiro atoms. The normalized spacial score (nSPS) is 7.16. The fourth-order valence-corrected chi connectivity index (χ4v) is 0.524. The Morgan fingerprint density at radius 1 is 1.05 bits per heavy atom. The maximum atomic E-state index is 10.8. The van der Waals surface area contributed by atoms with Crippen molar-refractivity contribution >= 4 is 11.8 Å². The van der Waals surface area contributed by atoms with E-state index in [-0.39, 0.29) is 23.7 Å². The van der Waals surface area contributed by atoms with Gasteiger partial charge in [-0.1, -0.05) is 18.2 Å². The van der Waals surface area contributed by atoms with Crippen molar-refractivity contribution in [1.82, 2.24) is 0 Å². The minimum Gasteiger partial charge on any atom is 0 e. The van der Waals surface area contributed by atoms with Crippen molar-refractivity contribution in [3.63, 3.8) is 0 Å². The van der Waals surface area contributed by atoms with Gasteiger partial charge in [0.15, 0.2) is 0 Å². The van der Waals surface area contributed by atoms with E-state index in [1.165, 1.54) is 12.2 Å². The van der Waals surface area contributed by atoms with Gasteiger partial charge in [0.2, 0.25) is 0 Å². The Morgan fingerprint density at radius 2 is 1.47 bits per heavy atom. The smallest absolute Gasteiger partial charge is 0 e. The predicted molar refractivity (Wildman–Crippen MR) is 57.4 cm³/mol. The fraction of sp³-hybridized carbons (Fsp3) is 0.250. The summed E-state index contributed by atoms with van der Waals surface area (Å²) in [4.78, 5) is 21.5. The van der Waals surface area contributed by atoms with Gasteiger partial charge in [0, 0.05) is 17.1 Å². The molecule has 6 nitrogen and oxygen atoms in total. The minimum atomic E-state index is -0.807. The summed E-state index contributed by atoms with van der Waals surface area (Å²) in [7, 11) is 0. The van der Waals surface area contributed by atoms with Gasteiger partial charge in [-0.2, -0.15) is 0 Å². The number of rotatable bonds is 4. The second-order valence-corrected chi connectivity index (χ2v) is 1.97. The van der Waals surface area contributed by atoms with Crippen LogP contribution < -0.4 is 0 Å². The molecule has 0 amide bonds. The molecule has 0 unspecified atom stereocenters. The first-order valence-electron chi connectivity index (χ1n) is 4.34. The van der Waals surface area contributed by atoms with Gasteiger partial charge in [0.25, 0.3) is 5.78 Å². The van der Waals surface area contributed by atoms with Crippen molar-refractivity contribution < 1.29 is 45.4 Å². The molecular formula is C12H12FeO6. The number of carbonyl (C=O) groups excluding carboxylic acids is 2. The van der Waals surface area contributed by atoms with Crippen LogP contribution in [0.5, 0.6) is 0 Å². The monoisotopic (exact) mass is 308 g/mol. The standard InChI is InChI=1S/C9H12O3.3CO.Fe/c1-3-5-6-7-8(10)9(11)12-4-2;3*1-2;/h3,5-7H,4H2,1-2H3;;;;. The Balaban J connectivity index is -0.0000000816. The summed E-state index contributed by atoms with van der Waals surface area (Å²) in [5.74, 6) is -1.44. The maximum absolute atomic E-state index is 10.8. The first-order valence-corrected chi connectivity index (χ1v) is 4.34. The third kappa shape index (κ3) is 31.4. The molecule has 0 aliphatic carbocycles. The molecule has 0 aliphatic heterocycles. The summed E-state index contributed by atoms with van der Waals surface area (Å²) in [5, 5.41) is 0. The van der Waals surface area contributed by atoms with Crippen molar-refractivity contribution in [2.75, 3.05) is 6.61 Å². The number of hydrogen-bond donors (Lipinski definition) is 0. The molecule has 0 saturated carbocycles. The van der Waals surface area contributed by atoms with E-state index in [1.807, 2.05) is 6.92 Å². The summed E-state index contributed by atoms with van der Waals surface area (Å²) in [6.07, 6.45) is 6.10. The van der Waals surface area contributed by atoms with Crippen LogP contribution in [0.3, 0.4) is 0 Å². The van der Waals surface area contributed by atoms with Crippen molar-refractivity contribution in [1.29, 1.82) is 0 Å². The van der Waals surface area contributed by atoms with Gasteiger partial charge in [-0.05, 0) is 19.9 Å². The van der Waals surface area contributed by atoms with Gasteiger partial charge >= 0.3 is 39.9 Å². The molecule has 0 fully saturated rings. The quantitative estimate of drug-likeness (QED) is 0.148.